The molecule has 0 unspecified atom stereocenters. The van der Waals surface area contributed by atoms with E-state index in [1.165, 1.54) is 0 Å². The smallest absolute Gasteiger partial charge is 0.265 e. The molecule has 2 N–H and O–H groups in total. The molecule has 1 heterocycles. The molecule has 0 fully saturated rings. The molecule has 1 amide bonds. The minimum absolute atomic E-state index is 0.00983. The van der Waals surface area contributed by atoms with Crippen LogP contribution >= 0.6 is 0 Å². The Bertz CT molecular complexity index is 530. The van der Waals surface area contributed by atoms with Crippen LogP contribution in [0.3, 0.4) is 0 Å². The first-order valence-electron chi connectivity index (χ1n) is 7.09. The van der Waals surface area contributed by atoms with Crippen molar-refractivity contribution < 1.29 is 19.4 Å². The standard InChI is InChI=1S/C15H20N2O4/c1-2-6-17-12-8-11(13(19)9-16-5-7-18)3-4-14(12)21-10-15(17)20/h3-4,8,16,18H,2,5-7,9-10H2,1H3. The number of hydrogen-bond acceptors (Lipinski definition) is 5. The van der Waals surface area contributed by atoms with E-state index in [9.17, 15) is 9.59 Å². The molecule has 0 bridgehead atoms. The predicted molar refractivity (Wildman–Crippen MR) is 78.9 cm³/mol. The second kappa shape index (κ2) is 7.19. The highest BCUT2D eigenvalue weighted by molar-refractivity contribution is 6.02. The molecule has 0 saturated heterocycles. The van der Waals surface area contributed by atoms with Crippen molar-refractivity contribution in [1.29, 1.82) is 0 Å². The molecule has 0 saturated carbocycles. The van der Waals surface area contributed by atoms with Crippen LogP contribution in [-0.2, 0) is 4.79 Å². The number of fused-ring (bicyclic) bond motifs is 1. The van der Waals surface area contributed by atoms with E-state index < -0.39 is 0 Å². The number of ketones is 1. The van der Waals surface area contributed by atoms with Gasteiger partial charge < -0.3 is 20.1 Å². The number of benzene rings is 1. The van der Waals surface area contributed by atoms with Crippen molar-refractivity contribution in [2.75, 3.05) is 37.7 Å². The Morgan fingerprint density at radius 2 is 2.29 bits per heavy atom. The van der Waals surface area contributed by atoms with Gasteiger partial charge in [-0.1, -0.05) is 6.92 Å². The Hall–Kier alpha value is -1.92. The summed E-state index contributed by atoms with van der Waals surface area (Å²) in [5, 5.41) is 11.5. The summed E-state index contributed by atoms with van der Waals surface area (Å²) < 4.78 is 5.39. The van der Waals surface area contributed by atoms with Crippen LogP contribution in [0.15, 0.2) is 18.2 Å². The lowest BCUT2D eigenvalue weighted by molar-refractivity contribution is -0.121. The first-order valence-corrected chi connectivity index (χ1v) is 7.09. The molecule has 2 rings (SSSR count). The van der Waals surface area contributed by atoms with Crippen molar-refractivity contribution in [2.45, 2.75) is 13.3 Å². The lowest BCUT2D eigenvalue weighted by Gasteiger charge is -2.29. The molecule has 0 radical (unpaired) electrons. The van der Waals surface area contributed by atoms with Crippen molar-refractivity contribution in [1.82, 2.24) is 5.32 Å². The number of aliphatic hydroxyl groups excluding tert-OH is 1. The van der Waals surface area contributed by atoms with Gasteiger partial charge in [0.05, 0.1) is 18.8 Å². The quantitative estimate of drug-likeness (QED) is 0.568. The molecule has 0 aromatic heterocycles. The van der Waals surface area contributed by atoms with Gasteiger partial charge in [0.25, 0.3) is 5.91 Å². The monoisotopic (exact) mass is 292 g/mol. The van der Waals surface area contributed by atoms with E-state index >= 15 is 0 Å². The highest BCUT2D eigenvalue weighted by atomic mass is 16.5. The Kier molecular flexibility index (Phi) is 5.30. The van der Waals surface area contributed by atoms with Crippen molar-refractivity contribution in [3.63, 3.8) is 0 Å². The number of aliphatic hydroxyl groups is 1. The predicted octanol–water partition coefficient (Wildman–Crippen LogP) is 0.587. The van der Waals surface area contributed by atoms with Crippen LogP contribution in [-0.4, -0.2) is 49.6 Å². The molecule has 6 nitrogen and oxygen atoms in total. The van der Waals surface area contributed by atoms with Crippen molar-refractivity contribution >= 4 is 17.4 Å². The third kappa shape index (κ3) is 3.59. The Morgan fingerprint density at radius 1 is 1.48 bits per heavy atom. The summed E-state index contributed by atoms with van der Waals surface area (Å²) in [6.07, 6.45) is 0.835. The third-order valence-electron chi connectivity index (χ3n) is 3.25. The average molecular weight is 292 g/mol. The van der Waals surface area contributed by atoms with E-state index in [-0.39, 0.29) is 31.4 Å². The first-order chi connectivity index (χ1) is 10.2. The second-order valence-corrected chi connectivity index (χ2v) is 4.84. The van der Waals surface area contributed by atoms with Crippen LogP contribution in [0.25, 0.3) is 0 Å². The van der Waals surface area contributed by atoms with Crippen LogP contribution in [0.5, 0.6) is 5.75 Å². The molecular formula is C15H20N2O4. The Balaban J connectivity index is 2.20. The number of ether oxygens (including phenoxy) is 1. The maximum absolute atomic E-state index is 12.1. The summed E-state index contributed by atoms with van der Waals surface area (Å²) in [5.74, 6) is 0.455. The van der Waals surface area contributed by atoms with Gasteiger partial charge >= 0.3 is 0 Å². The molecule has 0 aliphatic carbocycles. The fourth-order valence-electron chi connectivity index (χ4n) is 2.23. The fraction of sp³-hybridized carbons (Fsp3) is 0.467. The van der Waals surface area contributed by atoms with Gasteiger partial charge in [-0.05, 0) is 24.6 Å². The largest absolute Gasteiger partial charge is 0.482 e. The van der Waals surface area contributed by atoms with Gasteiger partial charge in [0.15, 0.2) is 12.4 Å². The number of carbonyl (C=O) groups is 2. The number of Topliss-reactive ketones (excluding diaryl/α,β-unsaturated/α-hetero) is 1. The van der Waals surface area contributed by atoms with Gasteiger partial charge in [-0.25, -0.2) is 0 Å². The van der Waals surface area contributed by atoms with Crippen LogP contribution in [0.2, 0.25) is 0 Å². The third-order valence-corrected chi connectivity index (χ3v) is 3.25. The highest BCUT2D eigenvalue weighted by Crippen LogP contribution is 2.33. The number of carbonyl (C=O) groups excluding carboxylic acids is 2. The second-order valence-electron chi connectivity index (χ2n) is 4.84. The zero-order valence-corrected chi connectivity index (χ0v) is 12.1. The van der Waals surface area contributed by atoms with E-state index in [0.29, 0.717) is 30.1 Å². The van der Waals surface area contributed by atoms with Crippen molar-refractivity contribution in [2.24, 2.45) is 0 Å². The van der Waals surface area contributed by atoms with E-state index in [0.717, 1.165) is 6.42 Å². The van der Waals surface area contributed by atoms with Crippen LogP contribution in [0.4, 0.5) is 5.69 Å². The zero-order chi connectivity index (χ0) is 15.2. The van der Waals surface area contributed by atoms with Crippen molar-refractivity contribution in [3.8, 4) is 5.75 Å². The SMILES string of the molecule is CCCN1C(=O)COc2ccc(C(=O)CNCCO)cc21. The number of hydrogen-bond donors (Lipinski definition) is 2. The summed E-state index contributed by atoms with van der Waals surface area (Å²) in [7, 11) is 0. The van der Waals surface area contributed by atoms with E-state index in [2.05, 4.69) is 5.32 Å². The lowest BCUT2D eigenvalue weighted by Crippen LogP contribution is -2.39. The van der Waals surface area contributed by atoms with E-state index in [4.69, 9.17) is 9.84 Å². The molecule has 6 heteroatoms. The van der Waals surface area contributed by atoms with Crippen LogP contribution in [0.1, 0.15) is 23.7 Å². The van der Waals surface area contributed by atoms with Gasteiger partial charge in [-0.15, -0.1) is 0 Å². The zero-order valence-electron chi connectivity index (χ0n) is 12.1. The molecule has 114 valence electrons. The number of anilines is 1. The molecular weight excluding hydrogens is 272 g/mol. The van der Waals surface area contributed by atoms with Crippen LogP contribution in [0, 0.1) is 0 Å². The van der Waals surface area contributed by atoms with Gasteiger partial charge in [0.1, 0.15) is 5.75 Å². The van der Waals surface area contributed by atoms with Gasteiger partial charge in [0, 0.05) is 18.7 Å². The van der Waals surface area contributed by atoms with Gasteiger partial charge in [0.2, 0.25) is 0 Å². The number of nitrogens with zero attached hydrogens (tertiary/aromatic N) is 1. The molecule has 1 aromatic rings. The topological polar surface area (TPSA) is 78.9 Å². The molecule has 1 aliphatic heterocycles. The maximum atomic E-state index is 12.1. The normalized spacial score (nSPS) is 13.8. The number of nitrogens with one attached hydrogen (secondary N) is 1. The molecule has 0 spiro atoms. The first kappa shape index (κ1) is 15.5. The Morgan fingerprint density at radius 3 is 3.00 bits per heavy atom. The summed E-state index contributed by atoms with van der Waals surface area (Å²) in [6, 6.07) is 5.12. The molecule has 1 aromatic carbocycles. The van der Waals surface area contributed by atoms with Gasteiger partial charge in [-0.2, -0.15) is 0 Å². The lowest BCUT2D eigenvalue weighted by atomic mass is 10.1. The molecule has 0 atom stereocenters. The van der Waals surface area contributed by atoms with Crippen LogP contribution < -0.4 is 15.0 Å². The highest BCUT2D eigenvalue weighted by Gasteiger charge is 2.25. The van der Waals surface area contributed by atoms with E-state index in [1.807, 2.05) is 6.92 Å². The average Bonchev–Trinajstić information content (AvgIpc) is 2.50. The maximum Gasteiger partial charge on any atom is 0.265 e. The minimum atomic E-state index is -0.0904. The number of amides is 1. The molecule has 21 heavy (non-hydrogen) atoms. The number of rotatable bonds is 7. The summed E-state index contributed by atoms with van der Waals surface area (Å²) in [5.41, 5.74) is 1.18. The molecule has 1 aliphatic rings. The summed E-state index contributed by atoms with van der Waals surface area (Å²) in [6.45, 7) is 3.16. The summed E-state index contributed by atoms with van der Waals surface area (Å²) in [4.78, 5) is 25.6. The fourth-order valence-corrected chi connectivity index (χ4v) is 2.23. The van der Waals surface area contributed by atoms with Gasteiger partial charge in [-0.3, -0.25) is 9.59 Å². The van der Waals surface area contributed by atoms with Crippen molar-refractivity contribution in [3.05, 3.63) is 23.8 Å². The van der Waals surface area contributed by atoms with E-state index in [1.54, 1.807) is 23.1 Å². The Labute approximate surface area is 123 Å². The minimum Gasteiger partial charge on any atom is -0.482 e. The summed E-state index contributed by atoms with van der Waals surface area (Å²) >= 11 is 0.